The Morgan fingerprint density at radius 3 is 2.59 bits per heavy atom. The molecule has 8 nitrogen and oxygen atoms in total. The van der Waals surface area contributed by atoms with Gasteiger partial charge in [0.2, 0.25) is 0 Å². The van der Waals surface area contributed by atoms with Crippen LogP contribution in [0.15, 0.2) is 65.7 Å². The highest BCUT2D eigenvalue weighted by Crippen LogP contribution is 2.33. The highest BCUT2D eigenvalue weighted by Gasteiger charge is 2.39. The molecule has 1 fully saturated rings. The van der Waals surface area contributed by atoms with Gasteiger partial charge in [0.15, 0.2) is 0 Å². The summed E-state index contributed by atoms with van der Waals surface area (Å²) in [4.78, 5) is 45.9. The van der Waals surface area contributed by atoms with E-state index in [0.717, 1.165) is 16.0 Å². The van der Waals surface area contributed by atoms with E-state index in [1.54, 1.807) is 17.9 Å². The number of hydrogen-bond acceptors (Lipinski definition) is 6. The first-order chi connectivity index (χ1) is 17.8. The van der Waals surface area contributed by atoms with Crippen LogP contribution in [0.25, 0.3) is 0 Å². The maximum atomic E-state index is 13.3. The van der Waals surface area contributed by atoms with Crippen molar-refractivity contribution in [2.75, 3.05) is 39.3 Å². The Balaban J connectivity index is 1.66. The number of piperazine rings is 1. The highest BCUT2D eigenvalue weighted by molar-refractivity contribution is 7.12. The van der Waals surface area contributed by atoms with Gasteiger partial charge in [-0.05, 0) is 37.8 Å². The summed E-state index contributed by atoms with van der Waals surface area (Å²) in [6.45, 7) is 12.3. The number of thiophene rings is 1. The molecule has 2 aromatic rings. The predicted octanol–water partition coefficient (Wildman–Crippen LogP) is 3.97. The average molecular weight is 523 g/mol. The number of benzene rings is 1. The minimum absolute atomic E-state index is 0.0202. The van der Waals surface area contributed by atoms with Gasteiger partial charge in [-0.1, -0.05) is 42.0 Å². The molecule has 1 saturated heterocycles. The van der Waals surface area contributed by atoms with Gasteiger partial charge >= 0.3 is 12.0 Å². The van der Waals surface area contributed by atoms with Crippen LogP contribution in [0.2, 0.25) is 0 Å². The minimum atomic E-state index is -0.623. The Labute approximate surface area is 222 Å². The lowest BCUT2D eigenvalue weighted by molar-refractivity contribution is -0.139. The number of carbonyl (C=O) groups is 3. The van der Waals surface area contributed by atoms with Crippen LogP contribution in [0.1, 0.15) is 40.7 Å². The minimum Gasteiger partial charge on any atom is -0.463 e. The summed E-state index contributed by atoms with van der Waals surface area (Å²) in [5, 5.41) is 4.91. The summed E-state index contributed by atoms with van der Waals surface area (Å²) >= 11 is 1.44. The van der Waals surface area contributed by atoms with Crippen LogP contribution in [-0.4, -0.2) is 78.0 Å². The summed E-state index contributed by atoms with van der Waals surface area (Å²) in [7, 11) is 0. The van der Waals surface area contributed by atoms with Crippen LogP contribution in [0.5, 0.6) is 0 Å². The molecule has 1 aromatic heterocycles. The second-order valence-corrected chi connectivity index (χ2v) is 10.3. The first-order valence-corrected chi connectivity index (χ1v) is 13.4. The largest absolute Gasteiger partial charge is 0.463 e. The van der Waals surface area contributed by atoms with Gasteiger partial charge in [0.1, 0.15) is 0 Å². The number of ether oxygens (including phenoxy) is 1. The van der Waals surface area contributed by atoms with Crippen molar-refractivity contribution in [2.24, 2.45) is 0 Å². The third-order valence-corrected chi connectivity index (χ3v) is 7.59. The van der Waals surface area contributed by atoms with E-state index >= 15 is 0 Å². The lowest BCUT2D eigenvalue weighted by Gasteiger charge is -2.42. The molecule has 37 heavy (non-hydrogen) atoms. The maximum absolute atomic E-state index is 13.3. The van der Waals surface area contributed by atoms with Crippen LogP contribution in [0.3, 0.4) is 0 Å². The summed E-state index contributed by atoms with van der Waals surface area (Å²) in [5.74, 6) is -0.407. The lowest BCUT2D eigenvalue weighted by Crippen LogP contribution is -2.56. The lowest BCUT2D eigenvalue weighted by atomic mass is 9.93. The van der Waals surface area contributed by atoms with Crippen molar-refractivity contribution in [3.05, 3.63) is 81.7 Å². The fraction of sp³-hybridized carbons (Fsp3) is 0.393. The second kappa shape index (κ2) is 11.7. The van der Waals surface area contributed by atoms with Crippen molar-refractivity contribution in [1.29, 1.82) is 0 Å². The van der Waals surface area contributed by atoms with E-state index < -0.39 is 12.0 Å². The molecule has 0 spiro atoms. The number of urea groups is 1. The van der Waals surface area contributed by atoms with Crippen LogP contribution in [0.4, 0.5) is 4.79 Å². The normalized spacial score (nSPS) is 20.6. The van der Waals surface area contributed by atoms with Crippen LogP contribution < -0.4 is 5.32 Å². The number of esters is 1. The Hall–Kier alpha value is -3.43. The van der Waals surface area contributed by atoms with Crippen molar-refractivity contribution in [2.45, 2.75) is 32.9 Å². The van der Waals surface area contributed by atoms with Crippen molar-refractivity contribution in [1.82, 2.24) is 20.0 Å². The van der Waals surface area contributed by atoms with Crippen molar-refractivity contribution < 1.29 is 19.1 Å². The zero-order valence-electron chi connectivity index (χ0n) is 21.6. The van der Waals surface area contributed by atoms with Gasteiger partial charge in [0, 0.05) is 44.5 Å². The number of nitrogens with one attached hydrogen (secondary N) is 1. The second-order valence-electron chi connectivity index (χ2n) is 9.33. The molecule has 0 bridgehead atoms. The third kappa shape index (κ3) is 5.78. The average Bonchev–Trinajstić information content (AvgIpc) is 3.41. The summed E-state index contributed by atoms with van der Waals surface area (Å²) < 4.78 is 5.48. The maximum Gasteiger partial charge on any atom is 0.338 e. The van der Waals surface area contributed by atoms with Crippen LogP contribution in [0, 0.1) is 6.92 Å². The molecular weight excluding hydrogens is 488 g/mol. The number of amides is 3. The molecule has 196 valence electrons. The van der Waals surface area contributed by atoms with Crippen molar-refractivity contribution >= 4 is 29.2 Å². The number of rotatable bonds is 8. The van der Waals surface area contributed by atoms with E-state index in [1.165, 1.54) is 11.3 Å². The van der Waals surface area contributed by atoms with Gasteiger partial charge in [-0.3, -0.25) is 14.6 Å². The van der Waals surface area contributed by atoms with E-state index in [1.807, 2.05) is 60.5 Å². The highest BCUT2D eigenvalue weighted by atomic mass is 32.1. The molecule has 0 saturated carbocycles. The molecule has 0 radical (unpaired) electrons. The van der Waals surface area contributed by atoms with E-state index in [4.69, 9.17) is 4.74 Å². The third-order valence-electron chi connectivity index (χ3n) is 6.73. The van der Waals surface area contributed by atoms with Gasteiger partial charge in [-0.2, -0.15) is 0 Å². The number of aryl methyl sites for hydroxylation is 1. The summed E-state index contributed by atoms with van der Waals surface area (Å²) in [6, 6.07) is 10.6. The predicted molar refractivity (Wildman–Crippen MR) is 144 cm³/mol. The number of carbonyl (C=O) groups excluding carboxylic acids is 3. The van der Waals surface area contributed by atoms with Gasteiger partial charge in [0.05, 0.1) is 23.1 Å². The monoisotopic (exact) mass is 522 g/mol. The van der Waals surface area contributed by atoms with Gasteiger partial charge in [-0.25, -0.2) is 9.59 Å². The van der Waals surface area contributed by atoms with E-state index in [-0.39, 0.29) is 31.1 Å². The smallest absolute Gasteiger partial charge is 0.338 e. The molecule has 2 aliphatic rings. The molecule has 2 atom stereocenters. The zero-order chi connectivity index (χ0) is 26.5. The van der Waals surface area contributed by atoms with E-state index in [0.29, 0.717) is 37.4 Å². The number of hydrogen-bond donors (Lipinski definition) is 1. The molecule has 4 rings (SSSR count). The molecular formula is C28H34N4O4S. The molecule has 2 aliphatic heterocycles. The van der Waals surface area contributed by atoms with Gasteiger partial charge in [-0.15, -0.1) is 17.9 Å². The topological polar surface area (TPSA) is 82.2 Å². The SMILES string of the molecule is C=CCN1C(=O)NC(c2ccc(C)cc2)C(C(=O)OCC)=C1CN1CCN(C(=O)c2cccs2)C(C)C1. The zero-order valence-corrected chi connectivity index (χ0v) is 22.4. The van der Waals surface area contributed by atoms with E-state index in [9.17, 15) is 14.4 Å². The Bertz CT molecular complexity index is 1180. The molecule has 3 heterocycles. The van der Waals surface area contributed by atoms with Gasteiger partial charge < -0.3 is 15.0 Å². The Morgan fingerprint density at radius 1 is 1.22 bits per heavy atom. The first kappa shape index (κ1) is 26.6. The number of nitrogens with zero attached hydrogens (tertiary/aromatic N) is 3. The fourth-order valence-electron chi connectivity index (χ4n) is 4.89. The molecule has 3 amide bonds. The van der Waals surface area contributed by atoms with Crippen molar-refractivity contribution in [3.63, 3.8) is 0 Å². The molecule has 2 unspecified atom stereocenters. The Morgan fingerprint density at radius 2 is 1.97 bits per heavy atom. The van der Waals surface area contributed by atoms with Gasteiger partial charge in [0.25, 0.3) is 5.91 Å². The van der Waals surface area contributed by atoms with E-state index in [2.05, 4.69) is 16.8 Å². The molecule has 9 heteroatoms. The quantitative estimate of drug-likeness (QED) is 0.419. The van der Waals surface area contributed by atoms with Crippen molar-refractivity contribution in [3.8, 4) is 0 Å². The molecule has 1 N–H and O–H groups in total. The first-order valence-electron chi connectivity index (χ1n) is 12.6. The molecule has 1 aromatic carbocycles. The van der Waals surface area contributed by atoms with Crippen LogP contribution >= 0.6 is 11.3 Å². The fourth-order valence-corrected chi connectivity index (χ4v) is 5.57. The summed E-state index contributed by atoms with van der Waals surface area (Å²) in [6.07, 6.45) is 1.65. The standard InChI is InChI=1S/C28H34N4O4S/c1-5-13-32-22(18-30-14-15-31(20(4)17-30)26(33)23-8-7-16-37-23)24(27(34)36-6-2)25(29-28(32)35)21-11-9-19(3)10-12-21/h5,7-12,16,20,25H,1,6,13-15,17-18H2,2-4H3,(H,29,35). The Kier molecular flexibility index (Phi) is 8.45. The molecule has 0 aliphatic carbocycles. The summed E-state index contributed by atoms with van der Waals surface area (Å²) in [5.41, 5.74) is 2.94. The van der Waals surface area contributed by atoms with Crippen LogP contribution in [-0.2, 0) is 9.53 Å².